The Hall–Kier alpha value is -1.66. The van der Waals surface area contributed by atoms with Crippen molar-refractivity contribution in [2.24, 2.45) is 5.73 Å². The summed E-state index contributed by atoms with van der Waals surface area (Å²) in [7, 11) is 0. The molecular weight excluding hydrogens is 246 g/mol. The van der Waals surface area contributed by atoms with Gasteiger partial charge in [0.25, 0.3) is 5.91 Å². The second-order valence-electron chi connectivity index (χ2n) is 4.96. The number of hydrogen-bond donors (Lipinski definition) is 2. The summed E-state index contributed by atoms with van der Waals surface area (Å²) in [4.78, 5) is 25.5. The molecule has 0 aromatic carbocycles. The van der Waals surface area contributed by atoms with E-state index >= 15 is 0 Å². The SMILES string of the molecule is CC1CC(N)CCN1CC(=O)NC(=O)c1ccco1. The van der Waals surface area contributed by atoms with Crippen molar-refractivity contribution in [3.63, 3.8) is 0 Å². The topological polar surface area (TPSA) is 88.6 Å². The van der Waals surface area contributed by atoms with Gasteiger partial charge < -0.3 is 10.2 Å². The summed E-state index contributed by atoms with van der Waals surface area (Å²) < 4.78 is 4.93. The van der Waals surface area contributed by atoms with Crippen molar-refractivity contribution in [2.45, 2.75) is 31.8 Å². The zero-order valence-corrected chi connectivity index (χ0v) is 11.0. The van der Waals surface area contributed by atoms with Crippen molar-refractivity contribution in [1.29, 1.82) is 0 Å². The number of rotatable bonds is 3. The third-order valence-electron chi connectivity index (χ3n) is 3.40. The number of hydrogen-bond acceptors (Lipinski definition) is 5. The number of amides is 2. The van der Waals surface area contributed by atoms with E-state index < -0.39 is 5.91 Å². The predicted octanol–water partition coefficient (Wildman–Crippen LogP) is 0.348. The fraction of sp³-hybridized carbons (Fsp3) is 0.538. The van der Waals surface area contributed by atoms with E-state index in [0.29, 0.717) is 0 Å². The highest BCUT2D eigenvalue weighted by Crippen LogP contribution is 2.15. The normalized spacial score (nSPS) is 24.1. The minimum Gasteiger partial charge on any atom is -0.459 e. The van der Waals surface area contributed by atoms with E-state index in [1.54, 1.807) is 6.07 Å². The van der Waals surface area contributed by atoms with Crippen molar-refractivity contribution < 1.29 is 14.0 Å². The number of likely N-dealkylation sites (tertiary alicyclic amines) is 1. The van der Waals surface area contributed by atoms with Crippen molar-refractivity contribution >= 4 is 11.8 Å². The van der Waals surface area contributed by atoms with E-state index in [1.807, 2.05) is 11.8 Å². The van der Waals surface area contributed by atoms with E-state index in [2.05, 4.69) is 5.32 Å². The molecule has 1 aliphatic rings. The molecule has 1 fully saturated rings. The van der Waals surface area contributed by atoms with Crippen LogP contribution in [0.15, 0.2) is 22.8 Å². The lowest BCUT2D eigenvalue weighted by molar-refractivity contribution is -0.122. The Balaban J connectivity index is 1.83. The third-order valence-corrected chi connectivity index (χ3v) is 3.40. The van der Waals surface area contributed by atoms with Crippen LogP contribution in [-0.4, -0.2) is 41.9 Å². The van der Waals surface area contributed by atoms with Crippen LogP contribution in [0.5, 0.6) is 0 Å². The molecular formula is C13H19N3O3. The minimum atomic E-state index is -0.503. The van der Waals surface area contributed by atoms with Crippen LogP contribution in [0.2, 0.25) is 0 Å². The van der Waals surface area contributed by atoms with E-state index in [-0.39, 0.29) is 30.3 Å². The highest BCUT2D eigenvalue weighted by atomic mass is 16.3. The average Bonchev–Trinajstić information content (AvgIpc) is 2.86. The summed E-state index contributed by atoms with van der Waals surface area (Å²) >= 11 is 0. The number of carbonyl (C=O) groups is 2. The molecule has 2 heterocycles. The minimum absolute atomic E-state index is 0.141. The first-order valence-electron chi connectivity index (χ1n) is 6.43. The lowest BCUT2D eigenvalue weighted by atomic mass is 9.99. The van der Waals surface area contributed by atoms with Gasteiger partial charge in [0.05, 0.1) is 12.8 Å². The van der Waals surface area contributed by atoms with Gasteiger partial charge in [-0.1, -0.05) is 0 Å². The number of piperidine rings is 1. The second-order valence-corrected chi connectivity index (χ2v) is 4.96. The first-order valence-corrected chi connectivity index (χ1v) is 6.43. The number of nitrogens with two attached hydrogens (primary N) is 1. The lowest BCUT2D eigenvalue weighted by Gasteiger charge is -2.35. The zero-order chi connectivity index (χ0) is 13.8. The average molecular weight is 265 g/mol. The van der Waals surface area contributed by atoms with Crippen molar-refractivity contribution in [3.05, 3.63) is 24.2 Å². The van der Waals surface area contributed by atoms with Crippen molar-refractivity contribution in [2.75, 3.05) is 13.1 Å². The first-order chi connectivity index (χ1) is 9.06. The van der Waals surface area contributed by atoms with E-state index in [1.165, 1.54) is 12.3 Å². The molecule has 0 spiro atoms. The fourth-order valence-electron chi connectivity index (χ4n) is 2.31. The summed E-state index contributed by atoms with van der Waals surface area (Å²) in [5.74, 6) is -0.679. The Morgan fingerprint density at radius 3 is 3.00 bits per heavy atom. The molecule has 1 aromatic rings. The quantitative estimate of drug-likeness (QED) is 0.823. The van der Waals surface area contributed by atoms with Crippen molar-refractivity contribution in [1.82, 2.24) is 10.2 Å². The molecule has 0 radical (unpaired) electrons. The highest BCUT2D eigenvalue weighted by Gasteiger charge is 2.25. The van der Waals surface area contributed by atoms with Crippen LogP contribution in [-0.2, 0) is 4.79 Å². The summed E-state index contributed by atoms with van der Waals surface area (Å²) in [5, 5.41) is 2.32. The molecule has 1 aliphatic heterocycles. The zero-order valence-electron chi connectivity index (χ0n) is 11.0. The summed E-state index contributed by atoms with van der Waals surface area (Å²) in [6.07, 6.45) is 3.15. The highest BCUT2D eigenvalue weighted by molar-refractivity contribution is 6.03. The fourth-order valence-corrected chi connectivity index (χ4v) is 2.31. The van der Waals surface area contributed by atoms with Crippen LogP contribution in [0.1, 0.15) is 30.3 Å². The molecule has 6 heteroatoms. The molecule has 19 heavy (non-hydrogen) atoms. The van der Waals surface area contributed by atoms with E-state index in [4.69, 9.17) is 10.2 Å². The molecule has 1 saturated heterocycles. The molecule has 2 amide bonds. The predicted molar refractivity (Wildman–Crippen MR) is 69.4 cm³/mol. The Bertz CT molecular complexity index is 444. The summed E-state index contributed by atoms with van der Waals surface area (Å²) in [6, 6.07) is 3.59. The van der Waals surface area contributed by atoms with Crippen LogP contribution in [0.4, 0.5) is 0 Å². The number of nitrogens with zero attached hydrogens (tertiary/aromatic N) is 1. The smallest absolute Gasteiger partial charge is 0.293 e. The van der Waals surface area contributed by atoms with Gasteiger partial charge >= 0.3 is 0 Å². The summed E-state index contributed by atoms with van der Waals surface area (Å²) in [6.45, 7) is 3.03. The maximum atomic E-state index is 11.8. The number of carbonyl (C=O) groups excluding carboxylic acids is 2. The van der Waals surface area contributed by atoms with Crippen molar-refractivity contribution in [3.8, 4) is 0 Å². The molecule has 0 saturated carbocycles. The van der Waals surface area contributed by atoms with Crippen LogP contribution >= 0.6 is 0 Å². The number of nitrogens with one attached hydrogen (secondary N) is 1. The van der Waals surface area contributed by atoms with Crippen LogP contribution in [0, 0.1) is 0 Å². The second kappa shape index (κ2) is 5.99. The third kappa shape index (κ3) is 3.65. The molecule has 0 bridgehead atoms. The van der Waals surface area contributed by atoms with Crippen LogP contribution in [0.25, 0.3) is 0 Å². The van der Waals surface area contributed by atoms with Gasteiger partial charge in [0, 0.05) is 18.6 Å². The molecule has 104 valence electrons. The van der Waals surface area contributed by atoms with Gasteiger partial charge in [0.15, 0.2) is 5.76 Å². The van der Waals surface area contributed by atoms with E-state index in [9.17, 15) is 9.59 Å². The monoisotopic (exact) mass is 265 g/mol. The van der Waals surface area contributed by atoms with Gasteiger partial charge in [-0.05, 0) is 31.9 Å². The number of imide groups is 1. The molecule has 2 rings (SSSR count). The first kappa shape index (κ1) is 13.8. The van der Waals surface area contributed by atoms with Gasteiger partial charge in [-0.15, -0.1) is 0 Å². The van der Waals surface area contributed by atoms with Crippen LogP contribution < -0.4 is 11.1 Å². The Morgan fingerprint density at radius 2 is 2.37 bits per heavy atom. The Labute approximate surface area is 111 Å². The largest absolute Gasteiger partial charge is 0.459 e. The van der Waals surface area contributed by atoms with Crippen LogP contribution in [0.3, 0.4) is 0 Å². The maximum Gasteiger partial charge on any atom is 0.293 e. The molecule has 3 N–H and O–H groups in total. The molecule has 0 aliphatic carbocycles. The molecule has 6 nitrogen and oxygen atoms in total. The van der Waals surface area contributed by atoms with Gasteiger partial charge in [-0.2, -0.15) is 0 Å². The maximum absolute atomic E-state index is 11.8. The van der Waals surface area contributed by atoms with Gasteiger partial charge in [0.2, 0.25) is 5.91 Å². The summed E-state index contributed by atoms with van der Waals surface area (Å²) in [5.41, 5.74) is 5.87. The Kier molecular flexibility index (Phi) is 4.34. The van der Waals surface area contributed by atoms with Gasteiger partial charge in [0.1, 0.15) is 0 Å². The standard InChI is InChI=1S/C13H19N3O3/c1-9-7-10(14)4-5-16(9)8-12(17)15-13(18)11-3-2-6-19-11/h2-3,6,9-10H,4-5,7-8,14H2,1H3,(H,15,17,18). The van der Waals surface area contributed by atoms with E-state index in [0.717, 1.165) is 19.4 Å². The van der Waals surface area contributed by atoms with Gasteiger partial charge in [-0.3, -0.25) is 19.8 Å². The molecule has 2 unspecified atom stereocenters. The number of furan rings is 1. The molecule has 2 atom stereocenters. The Morgan fingerprint density at radius 1 is 1.58 bits per heavy atom. The lowest BCUT2D eigenvalue weighted by Crippen LogP contribution is -2.49. The van der Waals surface area contributed by atoms with Gasteiger partial charge in [-0.25, -0.2) is 0 Å². The molecule has 1 aromatic heterocycles.